The largest absolute Gasteiger partial charge is 0.399 e. The topological polar surface area (TPSA) is 152 Å². The first kappa shape index (κ1) is 16.8. The van der Waals surface area contributed by atoms with E-state index in [0.29, 0.717) is 28.3 Å². The third-order valence-corrected chi connectivity index (χ3v) is 5.10. The van der Waals surface area contributed by atoms with Gasteiger partial charge < -0.3 is 11.5 Å². The summed E-state index contributed by atoms with van der Waals surface area (Å²) in [5.41, 5.74) is 15.7. The lowest BCUT2D eigenvalue weighted by Crippen LogP contribution is -2.05. The number of nitrogen functional groups attached to an aromatic ring is 2. The zero-order chi connectivity index (χ0) is 19.1. The van der Waals surface area contributed by atoms with Gasteiger partial charge in [0, 0.05) is 11.8 Å². The second-order valence-electron chi connectivity index (χ2n) is 5.94. The summed E-state index contributed by atoms with van der Waals surface area (Å²) in [6.07, 6.45) is 0. The van der Waals surface area contributed by atoms with E-state index >= 15 is 0 Å². The van der Waals surface area contributed by atoms with Gasteiger partial charge in [-0.1, -0.05) is 28.7 Å². The molecule has 0 saturated carbocycles. The Hall–Kier alpha value is -3.60. The Morgan fingerprint density at radius 1 is 1.22 bits per heavy atom. The third-order valence-electron chi connectivity index (χ3n) is 4.05. The van der Waals surface area contributed by atoms with Gasteiger partial charge in [-0.05, 0) is 30.2 Å². The predicted molar refractivity (Wildman–Crippen MR) is 102 cm³/mol. The van der Waals surface area contributed by atoms with Gasteiger partial charge in [-0.3, -0.25) is 10.1 Å². The average Bonchev–Trinajstić information content (AvgIpc) is 3.25. The summed E-state index contributed by atoms with van der Waals surface area (Å²) in [5, 5.41) is 19.3. The van der Waals surface area contributed by atoms with Gasteiger partial charge in [0.1, 0.15) is 5.69 Å². The van der Waals surface area contributed by atoms with Crippen LogP contribution in [0.1, 0.15) is 11.1 Å². The molecule has 4 rings (SSSR count). The van der Waals surface area contributed by atoms with Crippen LogP contribution in [0.5, 0.6) is 0 Å². The molecule has 0 bridgehead atoms. The number of anilines is 2. The van der Waals surface area contributed by atoms with Crippen molar-refractivity contribution in [2.24, 2.45) is 0 Å². The molecule has 10 nitrogen and oxygen atoms in total. The van der Waals surface area contributed by atoms with Crippen LogP contribution in [0.15, 0.2) is 30.3 Å². The molecule has 4 N–H and O–H groups in total. The highest BCUT2D eigenvalue weighted by atomic mass is 32.1. The first-order chi connectivity index (χ1) is 12.9. The number of hydrogen-bond donors (Lipinski definition) is 2. The number of fused-ring (bicyclic) bond motifs is 1. The maximum atomic E-state index is 11.0. The van der Waals surface area contributed by atoms with Crippen LogP contribution < -0.4 is 11.5 Å². The first-order valence-electron chi connectivity index (χ1n) is 7.88. The maximum Gasteiger partial charge on any atom is 0.324 e. The molecule has 11 heteroatoms. The second kappa shape index (κ2) is 6.29. The number of aromatic nitrogens is 5. The molecular formula is C16H14N8O2S. The smallest absolute Gasteiger partial charge is 0.324 e. The van der Waals surface area contributed by atoms with Gasteiger partial charge in [0.2, 0.25) is 5.95 Å². The molecule has 0 saturated heterocycles. The summed E-state index contributed by atoms with van der Waals surface area (Å²) in [4.78, 5) is 19.5. The first-order valence-corrected chi connectivity index (χ1v) is 8.70. The molecule has 0 aliphatic rings. The fraction of sp³-hybridized carbons (Fsp3) is 0.125. The predicted octanol–water partition coefficient (Wildman–Crippen LogP) is 2.38. The Balaban J connectivity index is 1.79. The van der Waals surface area contributed by atoms with E-state index in [1.165, 1.54) is 6.07 Å². The lowest BCUT2D eigenvalue weighted by atomic mass is 10.1. The molecule has 0 fully saturated rings. The van der Waals surface area contributed by atoms with Gasteiger partial charge in [-0.15, -0.1) is 5.10 Å². The van der Waals surface area contributed by atoms with Crippen molar-refractivity contribution in [2.75, 3.05) is 11.5 Å². The minimum atomic E-state index is -0.448. The van der Waals surface area contributed by atoms with Crippen LogP contribution in [0, 0.1) is 17.0 Å². The highest BCUT2D eigenvalue weighted by molar-refractivity contribution is 7.18. The van der Waals surface area contributed by atoms with Crippen LogP contribution in [-0.4, -0.2) is 29.9 Å². The van der Waals surface area contributed by atoms with Crippen LogP contribution in [0.3, 0.4) is 0 Å². The number of aryl methyl sites for hydroxylation is 1. The van der Waals surface area contributed by atoms with Gasteiger partial charge in [-0.25, -0.2) is 9.67 Å². The van der Waals surface area contributed by atoms with Crippen molar-refractivity contribution < 1.29 is 4.92 Å². The summed E-state index contributed by atoms with van der Waals surface area (Å²) in [7, 11) is 0. The lowest BCUT2D eigenvalue weighted by molar-refractivity contribution is -0.380. The maximum absolute atomic E-state index is 11.0. The van der Waals surface area contributed by atoms with Gasteiger partial charge in [0.25, 0.3) is 0 Å². The molecule has 0 spiro atoms. The zero-order valence-electron chi connectivity index (χ0n) is 14.2. The SMILES string of the molecule is Cc1cc(Cn2nnc3c(-c4ccc([N+](=O)[O-])s4)nc(N)nc32)ccc1N. The fourth-order valence-corrected chi connectivity index (χ4v) is 3.52. The van der Waals surface area contributed by atoms with Crippen molar-refractivity contribution in [1.29, 1.82) is 0 Å². The normalized spacial score (nSPS) is 11.1. The van der Waals surface area contributed by atoms with E-state index in [1.807, 2.05) is 25.1 Å². The van der Waals surface area contributed by atoms with Crippen molar-refractivity contribution >= 4 is 39.1 Å². The zero-order valence-corrected chi connectivity index (χ0v) is 15.0. The molecule has 0 atom stereocenters. The third kappa shape index (κ3) is 3.04. The quantitative estimate of drug-likeness (QED) is 0.310. The van der Waals surface area contributed by atoms with Crippen molar-refractivity contribution in [3.05, 3.63) is 51.6 Å². The number of nitro groups is 1. The molecular weight excluding hydrogens is 368 g/mol. The van der Waals surface area contributed by atoms with E-state index < -0.39 is 4.92 Å². The molecule has 136 valence electrons. The molecule has 27 heavy (non-hydrogen) atoms. The molecule has 0 aliphatic carbocycles. The monoisotopic (exact) mass is 382 g/mol. The summed E-state index contributed by atoms with van der Waals surface area (Å²) >= 11 is 0.999. The van der Waals surface area contributed by atoms with Crippen LogP contribution >= 0.6 is 11.3 Å². The van der Waals surface area contributed by atoms with E-state index in [-0.39, 0.29) is 10.9 Å². The molecule has 3 heterocycles. The Kier molecular flexibility index (Phi) is 3.92. The number of benzene rings is 1. The summed E-state index contributed by atoms with van der Waals surface area (Å²) < 4.78 is 1.61. The van der Waals surface area contributed by atoms with E-state index in [2.05, 4.69) is 20.3 Å². The van der Waals surface area contributed by atoms with E-state index in [9.17, 15) is 10.1 Å². The molecule has 1 aromatic carbocycles. The van der Waals surface area contributed by atoms with Gasteiger partial charge in [-0.2, -0.15) is 4.98 Å². The Bertz CT molecular complexity index is 1180. The Labute approximate surface area is 156 Å². The standard InChI is InChI=1S/C16H14N8O2S/c1-8-6-9(2-3-10(8)17)7-23-15-14(21-22-23)13(19-16(18)20-15)11-4-5-12(27-11)24(25)26/h2-6H,7,17H2,1H3,(H2,18,19,20). The second-order valence-corrected chi connectivity index (χ2v) is 7.00. The van der Waals surface area contributed by atoms with Crippen LogP contribution in [0.2, 0.25) is 0 Å². The highest BCUT2D eigenvalue weighted by Crippen LogP contribution is 2.34. The minimum absolute atomic E-state index is 0.0140. The number of nitrogens with two attached hydrogens (primary N) is 2. The van der Waals surface area contributed by atoms with E-state index in [4.69, 9.17) is 11.5 Å². The Morgan fingerprint density at radius 2 is 2.04 bits per heavy atom. The Morgan fingerprint density at radius 3 is 2.74 bits per heavy atom. The fourth-order valence-electron chi connectivity index (χ4n) is 2.71. The number of thiophene rings is 1. The van der Waals surface area contributed by atoms with Gasteiger partial charge >= 0.3 is 5.00 Å². The van der Waals surface area contributed by atoms with Crippen molar-refractivity contribution in [3.63, 3.8) is 0 Å². The van der Waals surface area contributed by atoms with Gasteiger partial charge in [0.15, 0.2) is 11.2 Å². The van der Waals surface area contributed by atoms with Crippen molar-refractivity contribution in [3.8, 4) is 10.6 Å². The van der Waals surface area contributed by atoms with Gasteiger partial charge in [0.05, 0.1) is 16.3 Å². The van der Waals surface area contributed by atoms with Crippen LogP contribution in [0.4, 0.5) is 16.6 Å². The van der Waals surface area contributed by atoms with Crippen molar-refractivity contribution in [2.45, 2.75) is 13.5 Å². The number of hydrogen-bond acceptors (Lipinski definition) is 9. The molecule has 0 amide bonds. The molecule has 0 aliphatic heterocycles. The molecule has 3 aromatic heterocycles. The minimum Gasteiger partial charge on any atom is -0.399 e. The highest BCUT2D eigenvalue weighted by Gasteiger charge is 2.19. The number of rotatable bonds is 4. The van der Waals surface area contributed by atoms with E-state index in [0.717, 1.165) is 28.2 Å². The van der Waals surface area contributed by atoms with E-state index in [1.54, 1.807) is 10.7 Å². The number of nitrogens with zero attached hydrogens (tertiary/aromatic N) is 6. The molecule has 0 radical (unpaired) electrons. The summed E-state index contributed by atoms with van der Waals surface area (Å²) in [5.74, 6) is 0.0468. The average molecular weight is 382 g/mol. The van der Waals surface area contributed by atoms with Crippen LogP contribution in [0.25, 0.3) is 21.7 Å². The summed E-state index contributed by atoms with van der Waals surface area (Å²) in [6, 6.07) is 8.75. The molecule has 0 unspecified atom stereocenters. The van der Waals surface area contributed by atoms with Crippen LogP contribution in [-0.2, 0) is 6.54 Å². The van der Waals surface area contributed by atoms with Crippen molar-refractivity contribution in [1.82, 2.24) is 25.0 Å². The molecule has 4 aromatic rings. The lowest BCUT2D eigenvalue weighted by Gasteiger charge is -2.06. The summed E-state index contributed by atoms with van der Waals surface area (Å²) in [6.45, 7) is 2.36.